The molecule has 3 rings (SSSR count). The number of sulfonamides is 1. The van der Waals surface area contributed by atoms with Crippen molar-refractivity contribution in [2.75, 3.05) is 38.6 Å². The molecule has 0 bridgehead atoms. The second kappa shape index (κ2) is 8.72. The van der Waals surface area contributed by atoms with Gasteiger partial charge in [-0.25, -0.2) is 13.1 Å². The summed E-state index contributed by atoms with van der Waals surface area (Å²) in [6.07, 6.45) is 7.24. The van der Waals surface area contributed by atoms with E-state index >= 15 is 0 Å². The van der Waals surface area contributed by atoms with Crippen molar-refractivity contribution in [3.8, 4) is 0 Å². The molecule has 1 saturated carbocycles. The van der Waals surface area contributed by atoms with Crippen molar-refractivity contribution in [2.45, 2.75) is 56.2 Å². The van der Waals surface area contributed by atoms with E-state index in [1.54, 1.807) is 0 Å². The van der Waals surface area contributed by atoms with Gasteiger partial charge in [0.15, 0.2) is 0 Å². The SMILES string of the molecule is CN(C)c1ccc(C(CNS(=O)(=O)C2CCCCC2)N2CCCC2)cc1. The Labute approximate surface area is 158 Å². The molecular weight excluding hydrogens is 346 g/mol. The molecular formula is C20H33N3O2S. The smallest absolute Gasteiger partial charge is 0.214 e. The topological polar surface area (TPSA) is 52.7 Å². The molecule has 0 radical (unpaired) electrons. The van der Waals surface area contributed by atoms with E-state index in [4.69, 9.17) is 0 Å². The van der Waals surface area contributed by atoms with E-state index in [-0.39, 0.29) is 11.3 Å². The molecule has 1 aromatic rings. The summed E-state index contributed by atoms with van der Waals surface area (Å²) >= 11 is 0. The third kappa shape index (κ3) is 4.78. The second-order valence-electron chi connectivity index (χ2n) is 7.90. The van der Waals surface area contributed by atoms with Crippen LogP contribution in [0.25, 0.3) is 0 Å². The number of nitrogens with one attached hydrogen (secondary N) is 1. The highest BCUT2D eigenvalue weighted by Gasteiger charge is 2.30. The number of hydrogen-bond donors (Lipinski definition) is 1. The Morgan fingerprint density at radius 3 is 2.23 bits per heavy atom. The molecule has 0 aromatic heterocycles. The first-order valence-electron chi connectivity index (χ1n) is 9.97. The first kappa shape index (κ1) is 19.6. The zero-order valence-electron chi connectivity index (χ0n) is 16.2. The zero-order valence-corrected chi connectivity index (χ0v) is 17.0. The van der Waals surface area contributed by atoms with E-state index in [1.165, 1.54) is 24.8 Å². The first-order chi connectivity index (χ1) is 12.5. The lowest BCUT2D eigenvalue weighted by molar-refractivity contribution is 0.246. The summed E-state index contributed by atoms with van der Waals surface area (Å²) in [5.41, 5.74) is 2.36. The molecule has 146 valence electrons. The van der Waals surface area contributed by atoms with Gasteiger partial charge in [-0.2, -0.15) is 0 Å². The Kier molecular flexibility index (Phi) is 6.59. The summed E-state index contributed by atoms with van der Waals surface area (Å²) < 4.78 is 28.4. The predicted octanol–water partition coefficient (Wildman–Crippen LogP) is 3.14. The quantitative estimate of drug-likeness (QED) is 0.791. The third-order valence-corrected chi connectivity index (χ3v) is 7.76. The fourth-order valence-electron chi connectivity index (χ4n) is 4.19. The van der Waals surface area contributed by atoms with Gasteiger partial charge in [0.2, 0.25) is 10.0 Å². The van der Waals surface area contributed by atoms with Crippen LogP contribution in [-0.2, 0) is 10.0 Å². The van der Waals surface area contributed by atoms with E-state index in [0.717, 1.165) is 44.5 Å². The van der Waals surface area contributed by atoms with Crippen LogP contribution in [0.3, 0.4) is 0 Å². The van der Waals surface area contributed by atoms with E-state index in [2.05, 4.69) is 38.8 Å². The Balaban J connectivity index is 1.72. The van der Waals surface area contributed by atoms with Crippen molar-refractivity contribution in [1.29, 1.82) is 0 Å². The van der Waals surface area contributed by atoms with Gasteiger partial charge in [0, 0.05) is 32.4 Å². The highest BCUT2D eigenvalue weighted by molar-refractivity contribution is 7.90. The summed E-state index contributed by atoms with van der Waals surface area (Å²) in [4.78, 5) is 4.51. The van der Waals surface area contributed by atoms with Gasteiger partial charge in [0.25, 0.3) is 0 Å². The molecule has 1 aliphatic carbocycles. The molecule has 1 atom stereocenters. The minimum atomic E-state index is -3.22. The van der Waals surface area contributed by atoms with Crippen molar-refractivity contribution >= 4 is 15.7 Å². The van der Waals surface area contributed by atoms with E-state index in [0.29, 0.717) is 6.54 Å². The predicted molar refractivity (Wildman–Crippen MR) is 108 cm³/mol. The highest BCUT2D eigenvalue weighted by atomic mass is 32.2. The maximum atomic E-state index is 12.7. The Hall–Kier alpha value is -1.11. The maximum absolute atomic E-state index is 12.7. The number of benzene rings is 1. The zero-order chi connectivity index (χ0) is 18.6. The van der Waals surface area contributed by atoms with Crippen LogP contribution in [0, 0.1) is 0 Å². The lowest BCUT2D eigenvalue weighted by atomic mass is 10.0. The van der Waals surface area contributed by atoms with Crippen molar-refractivity contribution < 1.29 is 8.42 Å². The lowest BCUT2D eigenvalue weighted by Gasteiger charge is -2.30. The van der Waals surface area contributed by atoms with Gasteiger partial charge in [-0.05, 0) is 56.5 Å². The first-order valence-corrected chi connectivity index (χ1v) is 11.5. The standard InChI is InChI=1S/C20H33N3O2S/c1-22(2)18-12-10-17(11-13-18)20(23-14-6-7-15-23)16-21-26(24,25)19-8-4-3-5-9-19/h10-13,19-21H,3-9,14-16H2,1-2H3. The molecule has 1 heterocycles. The summed E-state index contributed by atoms with van der Waals surface area (Å²) in [6.45, 7) is 2.57. The van der Waals surface area contributed by atoms with Crippen LogP contribution in [0.15, 0.2) is 24.3 Å². The molecule has 6 heteroatoms. The van der Waals surface area contributed by atoms with Crippen molar-refractivity contribution in [2.24, 2.45) is 0 Å². The number of likely N-dealkylation sites (tertiary alicyclic amines) is 1. The van der Waals surface area contributed by atoms with Gasteiger partial charge in [0.1, 0.15) is 0 Å². The minimum absolute atomic E-state index is 0.118. The average molecular weight is 380 g/mol. The Morgan fingerprint density at radius 1 is 1.04 bits per heavy atom. The van der Waals surface area contributed by atoms with Crippen LogP contribution in [0.1, 0.15) is 56.6 Å². The van der Waals surface area contributed by atoms with E-state index in [1.807, 2.05) is 14.1 Å². The van der Waals surface area contributed by atoms with Gasteiger partial charge in [-0.15, -0.1) is 0 Å². The fraction of sp³-hybridized carbons (Fsp3) is 0.700. The van der Waals surface area contributed by atoms with Crippen molar-refractivity contribution in [3.63, 3.8) is 0 Å². The molecule has 26 heavy (non-hydrogen) atoms. The molecule has 1 aliphatic heterocycles. The van der Waals surface area contributed by atoms with Crippen LogP contribution < -0.4 is 9.62 Å². The molecule has 2 fully saturated rings. The monoisotopic (exact) mass is 379 g/mol. The number of nitrogens with zero attached hydrogens (tertiary/aromatic N) is 2. The van der Waals surface area contributed by atoms with E-state index in [9.17, 15) is 8.42 Å². The summed E-state index contributed by atoms with van der Waals surface area (Å²) in [5.74, 6) is 0. The molecule has 0 spiro atoms. The second-order valence-corrected chi connectivity index (χ2v) is 9.94. The molecule has 1 N–H and O–H groups in total. The molecule has 1 saturated heterocycles. The number of hydrogen-bond acceptors (Lipinski definition) is 4. The van der Waals surface area contributed by atoms with Crippen LogP contribution in [0.4, 0.5) is 5.69 Å². The third-order valence-electron chi connectivity index (χ3n) is 5.84. The Morgan fingerprint density at radius 2 is 1.65 bits per heavy atom. The van der Waals surface area contributed by atoms with Gasteiger partial charge in [-0.1, -0.05) is 31.4 Å². The number of rotatable bonds is 7. The fourth-order valence-corrected chi connectivity index (χ4v) is 5.77. The maximum Gasteiger partial charge on any atom is 0.214 e. The molecule has 1 aromatic carbocycles. The van der Waals surface area contributed by atoms with Gasteiger partial charge >= 0.3 is 0 Å². The van der Waals surface area contributed by atoms with Crippen LogP contribution in [0.5, 0.6) is 0 Å². The largest absolute Gasteiger partial charge is 0.378 e. The summed E-state index contributed by atoms with van der Waals surface area (Å²) in [7, 11) is 0.844. The summed E-state index contributed by atoms with van der Waals surface area (Å²) in [6, 6.07) is 8.65. The Bertz CT molecular complexity index is 661. The highest BCUT2D eigenvalue weighted by Crippen LogP contribution is 2.28. The van der Waals surface area contributed by atoms with Gasteiger partial charge in [-0.3, -0.25) is 4.90 Å². The molecule has 1 unspecified atom stereocenters. The lowest BCUT2D eigenvalue weighted by Crippen LogP contribution is -2.41. The van der Waals surface area contributed by atoms with Gasteiger partial charge in [0.05, 0.1) is 5.25 Å². The van der Waals surface area contributed by atoms with Crippen LogP contribution in [-0.4, -0.2) is 52.3 Å². The van der Waals surface area contributed by atoms with Gasteiger partial charge < -0.3 is 4.90 Å². The van der Waals surface area contributed by atoms with E-state index < -0.39 is 10.0 Å². The molecule has 2 aliphatic rings. The number of anilines is 1. The molecule has 5 nitrogen and oxygen atoms in total. The van der Waals surface area contributed by atoms with Crippen molar-refractivity contribution in [1.82, 2.24) is 9.62 Å². The summed E-state index contributed by atoms with van der Waals surface area (Å²) in [5, 5.41) is -0.202. The van der Waals surface area contributed by atoms with Crippen LogP contribution >= 0.6 is 0 Å². The van der Waals surface area contributed by atoms with Crippen molar-refractivity contribution in [3.05, 3.63) is 29.8 Å². The minimum Gasteiger partial charge on any atom is -0.378 e. The average Bonchev–Trinajstić information content (AvgIpc) is 3.17. The molecule has 0 amide bonds. The normalized spacial score (nSPS) is 21.0. The van der Waals surface area contributed by atoms with Crippen LogP contribution in [0.2, 0.25) is 0 Å².